The zero-order chi connectivity index (χ0) is 22.3. The van der Waals surface area contributed by atoms with Crippen molar-refractivity contribution in [1.82, 2.24) is 19.2 Å². The molecular formula is C20H13ClF4N4OS. The van der Waals surface area contributed by atoms with Crippen molar-refractivity contribution >= 4 is 29.0 Å². The summed E-state index contributed by atoms with van der Waals surface area (Å²) in [5.41, 5.74) is -0.766. The fraction of sp³-hybridized carbons (Fsp3) is 0.150. The van der Waals surface area contributed by atoms with Crippen molar-refractivity contribution < 1.29 is 17.6 Å². The Morgan fingerprint density at radius 1 is 1.10 bits per heavy atom. The van der Waals surface area contributed by atoms with E-state index in [4.69, 9.17) is 11.6 Å². The third kappa shape index (κ3) is 3.92. The second-order valence-corrected chi connectivity index (χ2v) is 7.94. The van der Waals surface area contributed by atoms with Crippen LogP contribution in [0.3, 0.4) is 0 Å². The van der Waals surface area contributed by atoms with E-state index >= 15 is 0 Å². The van der Waals surface area contributed by atoms with E-state index in [0.29, 0.717) is 16.3 Å². The number of hydrogen-bond donors (Lipinski definition) is 0. The molecule has 2 aromatic heterocycles. The number of fused-ring (bicyclic) bond motifs is 1. The van der Waals surface area contributed by atoms with E-state index in [0.717, 1.165) is 30.0 Å². The Bertz CT molecular complexity index is 1350. The van der Waals surface area contributed by atoms with Gasteiger partial charge in [-0.05, 0) is 36.8 Å². The third-order valence-corrected chi connectivity index (χ3v) is 6.09. The summed E-state index contributed by atoms with van der Waals surface area (Å²) >= 11 is 6.98. The number of thioether (sulfide) groups is 1. The molecular weight excluding hydrogens is 456 g/mol. The Labute approximate surface area is 182 Å². The van der Waals surface area contributed by atoms with Gasteiger partial charge in [-0.3, -0.25) is 13.8 Å². The second kappa shape index (κ2) is 8.01. The van der Waals surface area contributed by atoms with Crippen LogP contribution in [0.2, 0.25) is 5.02 Å². The molecule has 0 amide bonds. The SMILES string of the molecule is Cc1c(Cl)cccc1-n1ccn2c(SCc3c(F)cccc3C(F)(F)F)nnc2c1=O. The smallest absolute Gasteiger partial charge is 0.279 e. The minimum atomic E-state index is -4.69. The fourth-order valence-corrected chi connectivity index (χ4v) is 4.24. The van der Waals surface area contributed by atoms with Crippen LogP contribution in [0.15, 0.2) is 58.7 Å². The van der Waals surface area contributed by atoms with Gasteiger partial charge in [0.05, 0.1) is 11.3 Å². The van der Waals surface area contributed by atoms with Gasteiger partial charge in [0.25, 0.3) is 0 Å². The molecule has 0 saturated heterocycles. The number of benzene rings is 2. The molecule has 31 heavy (non-hydrogen) atoms. The van der Waals surface area contributed by atoms with Crippen LogP contribution in [-0.4, -0.2) is 19.2 Å². The summed E-state index contributed by atoms with van der Waals surface area (Å²) in [6.45, 7) is 1.77. The van der Waals surface area contributed by atoms with E-state index in [9.17, 15) is 22.4 Å². The Morgan fingerprint density at radius 2 is 1.84 bits per heavy atom. The van der Waals surface area contributed by atoms with Crippen molar-refractivity contribution in [3.63, 3.8) is 0 Å². The zero-order valence-electron chi connectivity index (χ0n) is 15.8. The Balaban J connectivity index is 1.70. The number of nitrogens with zero attached hydrogens (tertiary/aromatic N) is 4. The Hall–Kier alpha value is -2.85. The standard InChI is InChI=1S/C20H13ClF4N4OS/c1-11-14(21)5-3-7-16(11)28-8-9-29-17(18(28)30)26-27-19(29)31-10-12-13(20(23,24)25)4-2-6-15(12)22/h2-9H,10H2,1H3. The van der Waals surface area contributed by atoms with Gasteiger partial charge in [-0.1, -0.05) is 35.5 Å². The van der Waals surface area contributed by atoms with Crippen LogP contribution >= 0.6 is 23.4 Å². The number of hydrogen-bond acceptors (Lipinski definition) is 4. The maximum absolute atomic E-state index is 14.1. The lowest BCUT2D eigenvalue weighted by Crippen LogP contribution is -2.21. The summed E-state index contributed by atoms with van der Waals surface area (Å²) in [6.07, 6.45) is -1.68. The first-order chi connectivity index (χ1) is 14.7. The molecule has 2 heterocycles. The van der Waals surface area contributed by atoms with Crippen LogP contribution < -0.4 is 5.56 Å². The van der Waals surface area contributed by atoms with E-state index < -0.39 is 28.7 Å². The first-order valence-corrected chi connectivity index (χ1v) is 10.2. The van der Waals surface area contributed by atoms with Crippen LogP contribution in [0.4, 0.5) is 17.6 Å². The van der Waals surface area contributed by atoms with Gasteiger partial charge in [-0.2, -0.15) is 13.2 Å². The maximum Gasteiger partial charge on any atom is 0.416 e. The lowest BCUT2D eigenvalue weighted by molar-refractivity contribution is -0.138. The summed E-state index contributed by atoms with van der Waals surface area (Å²) in [4.78, 5) is 12.9. The molecule has 0 fully saturated rings. The van der Waals surface area contributed by atoms with E-state index in [-0.39, 0.29) is 16.6 Å². The predicted octanol–water partition coefficient (Wildman–Crippen LogP) is 5.29. The fourth-order valence-electron chi connectivity index (χ4n) is 3.12. The van der Waals surface area contributed by atoms with E-state index in [1.54, 1.807) is 25.1 Å². The third-order valence-electron chi connectivity index (χ3n) is 4.71. The van der Waals surface area contributed by atoms with Gasteiger partial charge in [0.1, 0.15) is 5.82 Å². The summed E-state index contributed by atoms with van der Waals surface area (Å²) < 4.78 is 56.4. The van der Waals surface area contributed by atoms with Crippen molar-refractivity contribution in [1.29, 1.82) is 0 Å². The molecule has 0 spiro atoms. The normalized spacial score (nSPS) is 11.9. The lowest BCUT2D eigenvalue weighted by Gasteiger charge is -2.13. The topological polar surface area (TPSA) is 52.2 Å². The highest BCUT2D eigenvalue weighted by Crippen LogP contribution is 2.35. The van der Waals surface area contributed by atoms with Gasteiger partial charge in [-0.25, -0.2) is 4.39 Å². The molecule has 0 aliphatic heterocycles. The van der Waals surface area contributed by atoms with Crippen LogP contribution in [0, 0.1) is 12.7 Å². The number of rotatable bonds is 4. The molecule has 0 aliphatic carbocycles. The molecule has 0 atom stereocenters. The number of aromatic nitrogens is 4. The first kappa shape index (κ1) is 21.4. The predicted molar refractivity (Wildman–Crippen MR) is 109 cm³/mol. The molecule has 5 nitrogen and oxygen atoms in total. The average Bonchev–Trinajstić information content (AvgIpc) is 3.13. The van der Waals surface area contributed by atoms with Crippen molar-refractivity contribution in [2.24, 2.45) is 0 Å². The molecule has 0 saturated carbocycles. The molecule has 0 bridgehead atoms. The molecule has 4 rings (SSSR count). The minimum Gasteiger partial charge on any atom is -0.279 e. The molecule has 0 unspecified atom stereocenters. The van der Waals surface area contributed by atoms with Crippen LogP contribution in [0.25, 0.3) is 11.3 Å². The maximum atomic E-state index is 14.1. The van der Waals surface area contributed by atoms with Crippen LogP contribution in [0.1, 0.15) is 16.7 Å². The molecule has 0 radical (unpaired) electrons. The largest absolute Gasteiger partial charge is 0.416 e. The van der Waals surface area contributed by atoms with Crippen molar-refractivity contribution in [3.8, 4) is 5.69 Å². The van der Waals surface area contributed by atoms with Crippen molar-refractivity contribution in [2.45, 2.75) is 24.0 Å². The van der Waals surface area contributed by atoms with Gasteiger partial charge >= 0.3 is 11.7 Å². The van der Waals surface area contributed by atoms with Gasteiger partial charge in [0.2, 0.25) is 5.65 Å². The molecule has 4 aromatic rings. The summed E-state index contributed by atoms with van der Waals surface area (Å²) in [6, 6.07) is 7.94. The number of halogens is 5. The highest BCUT2D eigenvalue weighted by molar-refractivity contribution is 7.98. The van der Waals surface area contributed by atoms with Crippen molar-refractivity contribution in [3.05, 3.63) is 86.7 Å². The van der Waals surface area contributed by atoms with Gasteiger partial charge < -0.3 is 0 Å². The first-order valence-electron chi connectivity index (χ1n) is 8.87. The monoisotopic (exact) mass is 468 g/mol. The number of alkyl halides is 3. The van der Waals surface area contributed by atoms with E-state index in [1.165, 1.54) is 21.4 Å². The summed E-state index contributed by atoms with van der Waals surface area (Å²) in [7, 11) is 0. The van der Waals surface area contributed by atoms with Crippen molar-refractivity contribution in [2.75, 3.05) is 0 Å². The molecule has 0 aliphatic rings. The second-order valence-electron chi connectivity index (χ2n) is 6.59. The van der Waals surface area contributed by atoms with Crippen LogP contribution in [-0.2, 0) is 11.9 Å². The van der Waals surface area contributed by atoms with E-state index in [2.05, 4.69) is 10.2 Å². The quantitative estimate of drug-likeness (QED) is 0.301. The highest BCUT2D eigenvalue weighted by atomic mass is 35.5. The molecule has 11 heteroatoms. The molecule has 160 valence electrons. The molecule has 0 N–H and O–H groups in total. The summed E-state index contributed by atoms with van der Waals surface area (Å²) in [5, 5.41) is 8.43. The Morgan fingerprint density at radius 3 is 2.58 bits per heavy atom. The van der Waals surface area contributed by atoms with Crippen LogP contribution in [0.5, 0.6) is 0 Å². The van der Waals surface area contributed by atoms with Gasteiger partial charge in [0, 0.05) is 28.7 Å². The minimum absolute atomic E-state index is 0.0195. The summed E-state index contributed by atoms with van der Waals surface area (Å²) in [5.74, 6) is -1.30. The average molecular weight is 469 g/mol. The highest BCUT2D eigenvalue weighted by Gasteiger charge is 2.34. The lowest BCUT2D eigenvalue weighted by atomic mass is 10.1. The van der Waals surface area contributed by atoms with E-state index in [1.807, 2.05) is 0 Å². The van der Waals surface area contributed by atoms with Gasteiger partial charge in [0.15, 0.2) is 5.16 Å². The molecule has 2 aromatic carbocycles. The Kier molecular flexibility index (Phi) is 5.52. The van der Waals surface area contributed by atoms with Gasteiger partial charge in [-0.15, -0.1) is 10.2 Å². The zero-order valence-corrected chi connectivity index (χ0v) is 17.4.